The Morgan fingerprint density at radius 1 is 0.974 bits per heavy atom. The predicted octanol–water partition coefficient (Wildman–Crippen LogP) is 6.93. The third-order valence-electron chi connectivity index (χ3n) is 6.99. The quantitative estimate of drug-likeness (QED) is 0.250. The molecule has 1 aliphatic carbocycles. The molecule has 1 fully saturated rings. The second-order valence-corrected chi connectivity index (χ2v) is 11.6. The van der Waals surface area contributed by atoms with Crippen LogP contribution in [0.15, 0.2) is 72.8 Å². The lowest BCUT2D eigenvalue weighted by molar-refractivity contribution is -0.139. The number of halogens is 2. The average Bonchev–Trinajstić information content (AvgIpc) is 3.46. The van der Waals surface area contributed by atoms with E-state index in [2.05, 4.69) is 5.32 Å². The summed E-state index contributed by atoms with van der Waals surface area (Å²) in [7, 11) is 1.62. The molecule has 2 amide bonds. The number of thioether (sulfide) groups is 1. The molecule has 39 heavy (non-hydrogen) atoms. The Morgan fingerprint density at radius 3 is 2.33 bits per heavy atom. The van der Waals surface area contributed by atoms with Crippen LogP contribution in [0.1, 0.15) is 42.4 Å². The van der Waals surface area contributed by atoms with Gasteiger partial charge in [0.2, 0.25) is 11.8 Å². The first kappa shape index (κ1) is 29.3. The number of carbonyl (C=O) groups excluding carboxylic acids is 2. The van der Waals surface area contributed by atoms with Crippen molar-refractivity contribution < 1.29 is 14.3 Å². The maximum Gasteiger partial charge on any atom is 0.243 e. The van der Waals surface area contributed by atoms with E-state index in [4.69, 9.17) is 27.9 Å². The highest BCUT2D eigenvalue weighted by atomic mass is 35.5. The summed E-state index contributed by atoms with van der Waals surface area (Å²) < 4.78 is 5.41. The second-order valence-electron chi connectivity index (χ2n) is 9.76. The fourth-order valence-corrected chi connectivity index (χ4v) is 6.53. The van der Waals surface area contributed by atoms with Crippen LogP contribution in [0.2, 0.25) is 10.0 Å². The van der Waals surface area contributed by atoms with Crippen molar-refractivity contribution in [2.45, 2.75) is 56.5 Å². The maximum absolute atomic E-state index is 13.9. The molecule has 3 aromatic rings. The largest absolute Gasteiger partial charge is 0.497 e. The first-order chi connectivity index (χ1) is 18.9. The predicted molar refractivity (Wildman–Crippen MR) is 161 cm³/mol. The molecule has 0 unspecified atom stereocenters. The molecular formula is C31H34Cl2N2O3S. The number of ether oxygens (including phenoxy) is 1. The monoisotopic (exact) mass is 584 g/mol. The molecule has 0 aromatic heterocycles. The minimum Gasteiger partial charge on any atom is -0.497 e. The molecule has 8 heteroatoms. The summed E-state index contributed by atoms with van der Waals surface area (Å²) in [6.45, 7) is 0.291. The van der Waals surface area contributed by atoms with Gasteiger partial charge in [-0.1, -0.05) is 84.6 Å². The van der Waals surface area contributed by atoms with E-state index in [0.717, 1.165) is 42.4 Å². The fourth-order valence-electron chi connectivity index (χ4n) is 4.88. The summed E-state index contributed by atoms with van der Waals surface area (Å²) in [5.74, 6) is 1.16. The molecule has 3 aromatic carbocycles. The van der Waals surface area contributed by atoms with E-state index >= 15 is 0 Å². The van der Waals surface area contributed by atoms with Gasteiger partial charge in [-0.3, -0.25) is 9.59 Å². The van der Waals surface area contributed by atoms with Crippen molar-refractivity contribution in [2.24, 2.45) is 0 Å². The smallest absolute Gasteiger partial charge is 0.243 e. The van der Waals surface area contributed by atoms with Gasteiger partial charge in [0.1, 0.15) is 11.8 Å². The van der Waals surface area contributed by atoms with Gasteiger partial charge in [0, 0.05) is 34.8 Å². The Kier molecular flexibility index (Phi) is 11.0. The molecule has 0 bridgehead atoms. The van der Waals surface area contributed by atoms with Gasteiger partial charge in [0.25, 0.3) is 0 Å². The average molecular weight is 586 g/mol. The first-order valence-corrected chi connectivity index (χ1v) is 15.1. The van der Waals surface area contributed by atoms with Gasteiger partial charge in [-0.2, -0.15) is 0 Å². The van der Waals surface area contributed by atoms with Crippen LogP contribution in [0.5, 0.6) is 5.75 Å². The molecule has 0 aliphatic heterocycles. The van der Waals surface area contributed by atoms with Crippen molar-refractivity contribution >= 4 is 46.8 Å². The molecule has 1 saturated carbocycles. The molecule has 4 rings (SSSR count). The summed E-state index contributed by atoms with van der Waals surface area (Å²) in [4.78, 5) is 29.4. The molecule has 206 valence electrons. The van der Waals surface area contributed by atoms with Crippen molar-refractivity contribution in [1.29, 1.82) is 0 Å². The lowest BCUT2D eigenvalue weighted by Gasteiger charge is -2.32. The van der Waals surface area contributed by atoms with Crippen LogP contribution >= 0.6 is 35.0 Å². The number of hydrogen-bond donors (Lipinski definition) is 1. The second kappa shape index (κ2) is 14.6. The van der Waals surface area contributed by atoms with Crippen LogP contribution in [-0.2, 0) is 28.3 Å². The van der Waals surface area contributed by atoms with Crippen LogP contribution in [-0.4, -0.2) is 41.7 Å². The molecule has 0 radical (unpaired) electrons. The molecule has 0 saturated heterocycles. The van der Waals surface area contributed by atoms with Crippen molar-refractivity contribution in [1.82, 2.24) is 10.2 Å². The Labute approximate surface area is 245 Å². The summed E-state index contributed by atoms with van der Waals surface area (Å²) in [6.07, 6.45) is 4.60. The van der Waals surface area contributed by atoms with Gasteiger partial charge in [-0.05, 0) is 53.8 Å². The zero-order valence-corrected chi connectivity index (χ0v) is 24.4. The highest BCUT2D eigenvalue weighted by molar-refractivity contribution is 7.99. The van der Waals surface area contributed by atoms with Gasteiger partial charge >= 0.3 is 0 Å². The van der Waals surface area contributed by atoms with Crippen LogP contribution in [0.3, 0.4) is 0 Å². The van der Waals surface area contributed by atoms with Gasteiger partial charge in [0.15, 0.2) is 0 Å². The molecule has 5 nitrogen and oxygen atoms in total. The molecular weight excluding hydrogens is 551 g/mol. The number of carbonyl (C=O) groups is 2. The number of benzene rings is 3. The van der Waals surface area contributed by atoms with Crippen LogP contribution in [0.25, 0.3) is 0 Å². The lowest BCUT2D eigenvalue weighted by atomic mass is 10.0. The lowest BCUT2D eigenvalue weighted by Crippen LogP contribution is -2.52. The third kappa shape index (κ3) is 8.41. The van der Waals surface area contributed by atoms with Gasteiger partial charge in [-0.25, -0.2) is 0 Å². The molecule has 0 heterocycles. The topological polar surface area (TPSA) is 58.6 Å². The maximum atomic E-state index is 13.9. The van der Waals surface area contributed by atoms with Crippen molar-refractivity contribution in [3.63, 3.8) is 0 Å². The van der Waals surface area contributed by atoms with E-state index in [9.17, 15) is 9.59 Å². The Morgan fingerprint density at radius 2 is 1.64 bits per heavy atom. The number of methoxy groups -OCH3 is 1. The highest BCUT2D eigenvalue weighted by Crippen LogP contribution is 2.29. The van der Waals surface area contributed by atoms with Gasteiger partial charge in [0.05, 0.1) is 12.9 Å². The Hall–Kier alpha value is -2.67. The standard InChI is InChI=1S/C31H34Cl2N2O3S/c1-38-25-14-7-11-23(17-25)19-35(30(36)21-39-20-26-27(32)15-8-16-28(26)33)29(18-22-9-3-2-4-10-22)31(37)34-24-12-5-6-13-24/h2-4,7-11,14-17,24,29H,5-6,12-13,18-21H2,1H3,(H,34,37)/t29-/m1/s1. The van der Waals surface area contributed by atoms with Crippen molar-refractivity contribution in [3.8, 4) is 5.75 Å². The van der Waals surface area contributed by atoms with E-state index in [1.165, 1.54) is 11.8 Å². The molecule has 1 aliphatic rings. The minimum absolute atomic E-state index is 0.110. The Bertz CT molecular complexity index is 1230. The van der Waals surface area contributed by atoms with E-state index in [0.29, 0.717) is 34.5 Å². The number of hydrogen-bond acceptors (Lipinski definition) is 4. The van der Waals surface area contributed by atoms with Crippen molar-refractivity contribution in [2.75, 3.05) is 12.9 Å². The van der Waals surface area contributed by atoms with Crippen LogP contribution in [0, 0.1) is 0 Å². The Balaban J connectivity index is 1.59. The van der Waals surface area contributed by atoms with Crippen LogP contribution in [0.4, 0.5) is 0 Å². The van der Waals surface area contributed by atoms with Crippen LogP contribution < -0.4 is 10.1 Å². The highest BCUT2D eigenvalue weighted by Gasteiger charge is 2.32. The van der Waals surface area contributed by atoms with E-state index < -0.39 is 6.04 Å². The number of amides is 2. The van der Waals surface area contributed by atoms with Gasteiger partial charge in [-0.15, -0.1) is 11.8 Å². The first-order valence-electron chi connectivity index (χ1n) is 13.2. The fraction of sp³-hybridized carbons (Fsp3) is 0.355. The normalized spacial score (nSPS) is 14.1. The zero-order chi connectivity index (χ0) is 27.6. The number of nitrogens with zero attached hydrogens (tertiary/aromatic N) is 1. The van der Waals surface area contributed by atoms with E-state index in [-0.39, 0.29) is 23.6 Å². The summed E-state index contributed by atoms with van der Waals surface area (Å²) >= 11 is 14.1. The van der Waals surface area contributed by atoms with Crippen molar-refractivity contribution in [3.05, 3.63) is 99.5 Å². The SMILES string of the molecule is COc1cccc(CN(C(=O)CSCc2c(Cl)cccc2Cl)[C@H](Cc2ccccc2)C(=O)NC2CCCC2)c1. The number of rotatable bonds is 12. The third-order valence-corrected chi connectivity index (χ3v) is 8.65. The number of nitrogens with one attached hydrogen (secondary N) is 1. The molecule has 1 atom stereocenters. The van der Waals surface area contributed by atoms with E-state index in [1.807, 2.05) is 54.6 Å². The molecule has 0 spiro atoms. The zero-order valence-electron chi connectivity index (χ0n) is 22.1. The minimum atomic E-state index is -0.656. The summed E-state index contributed by atoms with van der Waals surface area (Å²) in [5.41, 5.74) is 2.70. The van der Waals surface area contributed by atoms with E-state index in [1.54, 1.807) is 30.2 Å². The summed E-state index contributed by atoms with van der Waals surface area (Å²) in [5, 5.41) is 4.40. The summed E-state index contributed by atoms with van der Waals surface area (Å²) in [6, 6.07) is 22.4. The molecule has 1 N–H and O–H groups in total. The van der Waals surface area contributed by atoms with Gasteiger partial charge < -0.3 is 15.0 Å².